The van der Waals surface area contributed by atoms with Crippen LogP contribution in [0, 0.1) is 0 Å². The Labute approximate surface area is 188 Å². The van der Waals surface area contributed by atoms with Crippen LogP contribution in [0.25, 0.3) is 0 Å². The number of rotatable bonds is 14. The zero-order valence-corrected chi connectivity index (χ0v) is 20.0. The first-order chi connectivity index (χ1) is 14.6. The first kappa shape index (κ1) is 29.4. The van der Waals surface area contributed by atoms with Gasteiger partial charge >= 0.3 is 5.97 Å². The largest absolute Gasteiger partial charge is 0.508 e. The van der Waals surface area contributed by atoms with Crippen molar-refractivity contribution in [1.82, 2.24) is 5.32 Å². The molecule has 1 rings (SSSR count). The van der Waals surface area contributed by atoms with Gasteiger partial charge in [0.15, 0.2) is 0 Å². The van der Waals surface area contributed by atoms with E-state index in [4.69, 9.17) is 10.2 Å². The van der Waals surface area contributed by atoms with E-state index >= 15 is 0 Å². The summed E-state index contributed by atoms with van der Waals surface area (Å²) in [7, 11) is 0. The molecule has 0 aliphatic rings. The molecule has 1 unspecified atom stereocenters. The number of aliphatic hydroxyl groups excluding tert-OH is 2. The van der Waals surface area contributed by atoms with Gasteiger partial charge in [0, 0.05) is 24.1 Å². The zero-order valence-electron chi connectivity index (χ0n) is 20.0. The second kappa shape index (κ2) is 17.0. The fraction of sp³-hybridized carbons (Fsp3) is 0.720. The molecule has 1 aromatic carbocycles. The van der Waals surface area contributed by atoms with Crippen LogP contribution in [0.1, 0.15) is 109 Å². The highest BCUT2D eigenvalue weighted by Crippen LogP contribution is 2.22. The number of carbonyl (C=O) groups is 1. The number of nitrogens with one attached hydrogen (secondary N) is 1. The third-order valence-electron chi connectivity index (χ3n) is 4.98. The SMILES string of the molecule is CC(C)(C)NCC(O)c1ccc(O)c(CO)c1.CCCCCCCCCCCC(=O)O. The fourth-order valence-corrected chi connectivity index (χ4v) is 3.05. The number of carboxylic acids is 1. The number of aromatic hydroxyl groups is 1. The van der Waals surface area contributed by atoms with Gasteiger partial charge in [0.2, 0.25) is 0 Å². The van der Waals surface area contributed by atoms with E-state index in [-0.39, 0.29) is 17.9 Å². The van der Waals surface area contributed by atoms with Gasteiger partial charge in [-0.15, -0.1) is 0 Å². The molecule has 1 atom stereocenters. The van der Waals surface area contributed by atoms with Gasteiger partial charge in [-0.2, -0.15) is 0 Å². The summed E-state index contributed by atoms with van der Waals surface area (Å²) in [4.78, 5) is 10.2. The zero-order chi connectivity index (χ0) is 23.7. The second-order valence-corrected chi connectivity index (χ2v) is 9.17. The summed E-state index contributed by atoms with van der Waals surface area (Å²) in [6.45, 7) is 8.49. The molecular weight excluding hydrogens is 394 g/mol. The highest BCUT2D eigenvalue weighted by Gasteiger charge is 2.14. The lowest BCUT2D eigenvalue weighted by atomic mass is 10.0. The summed E-state index contributed by atoms with van der Waals surface area (Å²) < 4.78 is 0. The van der Waals surface area contributed by atoms with Gasteiger partial charge in [-0.1, -0.05) is 64.4 Å². The van der Waals surface area contributed by atoms with Crippen molar-refractivity contribution in [2.45, 2.75) is 110 Å². The van der Waals surface area contributed by atoms with Crippen LogP contribution in [-0.4, -0.2) is 38.5 Å². The molecule has 0 aliphatic carbocycles. The highest BCUT2D eigenvalue weighted by atomic mass is 16.4. The standard InChI is InChI=1S/C13H21NO3.C12H24O2/c1-13(2,3)14-7-12(17)9-4-5-11(16)10(6-9)8-15;1-2-3-4-5-6-7-8-9-10-11-12(13)14/h4-6,12,14-17H,7-8H2,1-3H3;2-11H2,1H3,(H,13,14). The Hall–Kier alpha value is -1.63. The lowest BCUT2D eigenvalue weighted by molar-refractivity contribution is -0.137. The van der Waals surface area contributed by atoms with Gasteiger partial charge < -0.3 is 25.7 Å². The van der Waals surface area contributed by atoms with Crippen molar-refractivity contribution in [2.75, 3.05) is 6.54 Å². The van der Waals surface area contributed by atoms with Gasteiger partial charge in [0.25, 0.3) is 0 Å². The van der Waals surface area contributed by atoms with E-state index in [9.17, 15) is 15.0 Å². The maximum Gasteiger partial charge on any atom is 0.303 e. The number of β-amino-alcohol motifs (C(OH)–C–C–N with tert-alkyl or cyclic N) is 1. The maximum absolute atomic E-state index is 10.2. The minimum absolute atomic E-state index is 0.0484. The predicted molar refractivity (Wildman–Crippen MR) is 126 cm³/mol. The van der Waals surface area contributed by atoms with Crippen LogP contribution < -0.4 is 5.32 Å². The monoisotopic (exact) mass is 439 g/mol. The molecule has 0 fully saturated rings. The molecule has 0 amide bonds. The van der Waals surface area contributed by atoms with Crippen LogP contribution in [0.15, 0.2) is 18.2 Å². The van der Waals surface area contributed by atoms with E-state index in [0.717, 1.165) is 12.8 Å². The Bertz CT molecular complexity index is 598. The number of hydrogen-bond donors (Lipinski definition) is 5. The van der Waals surface area contributed by atoms with Crippen LogP contribution in [-0.2, 0) is 11.4 Å². The summed E-state index contributed by atoms with van der Waals surface area (Å²) in [5, 5.41) is 40.0. The van der Waals surface area contributed by atoms with E-state index in [1.54, 1.807) is 12.1 Å². The van der Waals surface area contributed by atoms with Crippen molar-refractivity contribution in [2.24, 2.45) is 0 Å². The number of benzene rings is 1. The van der Waals surface area contributed by atoms with Crippen molar-refractivity contribution < 1.29 is 25.2 Å². The molecule has 0 saturated carbocycles. The third-order valence-corrected chi connectivity index (χ3v) is 4.98. The normalized spacial score (nSPS) is 12.2. The van der Waals surface area contributed by atoms with Gasteiger partial charge in [-0.25, -0.2) is 0 Å². The van der Waals surface area contributed by atoms with Crippen molar-refractivity contribution in [1.29, 1.82) is 0 Å². The van der Waals surface area contributed by atoms with Crippen molar-refractivity contribution in [3.8, 4) is 5.75 Å². The molecule has 0 heterocycles. The Balaban J connectivity index is 0.000000594. The van der Waals surface area contributed by atoms with Gasteiger partial charge in [-0.3, -0.25) is 4.79 Å². The van der Waals surface area contributed by atoms with Crippen LogP contribution in [0.4, 0.5) is 0 Å². The predicted octanol–water partition coefficient (Wildman–Crippen LogP) is 5.30. The molecule has 0 radical (unpaired) electrons. The molecule has 6 heteroatoms. The van der Waals surface area contributed by atoms with Gasteiger partial charge in [0.05, 0.1) is 12.7 Å². The average molecular weight is 440 g/mol. The highest BCUT2D eigenvalue weighted by molar-refractivity contribution is 5.66. The van der Waals surface area contributed by atoms with Gasteiger partial charge in [0.1, 0.15) is 5.75 Å². The minimum atomic E-state index is -0.659. The maximum atomic E-state index is 10.2. The Morgan fingerprint density at radius 2 is 1.55 bits per heavy atom. The van der Waals surface area contributed by atoms with Crippen LogP contribution in [0.5, 0.6) is 5.75 Å². The van der Waals surface area contributed by atoms with Crippen molar-refractivity contribution in [3.63, 3.8) is 0 Å². The Kier molecular flexibility index (Phi) is 16.1. The lowest BCUT2D eigenvalue weighted by Crippen LogP contribution is -2.38. The van der Waals surface area contributed by atoms with E-state index in [1.165, 1.54) is 51.0 Å². The Morgan fingerprint density at radius 1 is 1.00 bits per heavy atom. The smallest absolute Gasteiger partial charge is 0.303 e. The molecule has 0 aromatic heterocycles. The molecular formula is C25H45NO5. The first-order valence-electron chi connectivity index (χ1n) is 11.7. The number of phenols is 1. The number of unbranched alkanes of at least 4 members (excludes halogenated alkanes) is 8. The summed E-state index contributed by atoms with van der Waals surface area (Å²) >= 11 is 0. The summed E-state index contributed by atoms with van der Waals surface area (Å²) in [5.41, 5.74) is 1.05. The van der Waals surface area contributed by atoms with E-state index in [2.05, 4.69) is 12.2 Å². The fourth-order valence-electron chi connectivity index (χ4n) is 3.05. The number of hydrogen-bond acceptors (Lipinski definition) is 5. The average Bonchev–Trinajstić information content (AvgIpc) is 2.71. The number of aliphatic carboxylic acids is 1. The summed E-state index contributed by atoms with van der Waals surface area (Å²) in [5.74, 6) is -0.611. The van der Waals surface area contributed by atoms with Crippen molar-refractivity contribution in [3.05, 3.63) is 29.3 Å². The van der Waals surface area contributed by atoms with Crippen LogP contribution in [0.3, 0.4) is 0 Å². The number of carboxylic acid groups (broad SMARTS) is 1. The lowest BCUT2D eigenvalue weighted by Gasteiger charge is -2.23. The van der Waals surface area contributed by atoms with Crippen LogP contribution >= 0.6 is 0 Å². The molecule has 0 aliphatic heterocycles. The second-order valence-electron chi connectivity index (χ2n) is 9.17. The quantitative estimate of drug-likeness (QED) is 0.252. The Morgan fingerprint density at radius 3 is 2.03 bits per heavy atom. The summed E-state index contributed by atoms with van der Waals surface area (Å²) in [6.07, 6.45) is 10.8. The van der Waals surface area contributed by atoms with E-state index in [0.29, 0.717) is 24.1 Å². The minimum Gasteiger partial charge on any atom is -0.508 e. The first-order valence-corrected chi connectivity index (χ1v) is 11.7. The van der Waals surface area contributed by atoms with E-state index < -0.39 is 12.1 Å². The summed E-state index contributed by atoms with van der Waals surface area (Å²) in [6, 6.07) is 4.76. The molecule has 5 N–H and O–H groups in total. The molecule has 31 heavy (non-hydrogen) atoms. The number of aliphatic hydroxyl groups is 2. The molecule has 0 spiro atoms. The topological polar surface area (TPSA) is 110 Å². The molecule has 6 nitrogen and oxygen atoms in total. The van der Waals surface area contributed by atoms with E-state index in [1.807, 2.05) is 20.8 Å². The van der Waals surface area contributed by atoms with Gasteiger partial charge in [-0.05, 0) is 44.9 Å². The third kappa shape index (κ3) is 16.7. The van der Waals surface area contributed by atoms with Crippen LogP contribution in [0.2, 0.25) is 0 Å². The molecule has 1 aromatic rings. The molecule has 180 valence electrons. The molecule has 0 saturated heterocycles. The van der Waals surface area contributed by atoms with Crippen molar-refractivity contribution >= 4 is 5.97 Å². The molecule has 0 bridgehead atoms.